The molecule has 2 saturated heterocycles. The van der Waals surface area contributed by atoms with E-state index in [4.69, 9.17) is 12.2 Å². The Morgan fingerprint density at radius 3 is 1.70 bits per heavy atom. The molecular weight excluding hydrogens is 356 g/mol. The van der Waals surface area contributed by atoms with Gasteiger partial charge in [0.2, 0.25) is 0 Å². The van der Waals surface area contributed by atoms with E-state index in [1.54, 1.807) is 0 Å². The Bertz CT molecular complexity index is 516. The summed E-state index contributed by atoms with van der Waals surface area (Å²) in [4.78, 5) is 14.9. The van der Waals surface area contributed by atoms with Gasteiger partial charge in [-0.05, 0) is 63.6 Å². The molecule has 2 saturated carbocycles. The van der Waals surface area contributed by atoms with Crippen LogP contribution in [0.25, 0.3) is 0 Å². The second-order valence-corrected chi connectivity index (χ2v) is 9.58. The van der Waals surface area contributed by atoms with Crippen LogP contribution in [0.4, 0.5) is 4.79 Å². The minimum atomic E-state index is 0.0441. The predicted molar refractivity (Wildman–Crippen MR) is 113 cm³/mol. The van der Waals surface area contributed by atoms with E-state index in [0.717, 1.165) is 30.8 Å². The highest BCUT2D eigenvalue weighted by Crippen LogP contribution is 2.36. The predicted octanol–water partition coefficient (Wildman–Crippen LogP) is 3.82. The molecule has 152 valence electrons. The molecule has 2 bridgehead atoms. The Labute approximate surface area is 169 Å². The number of hydrogen-bond acceptors (Lipinski definition) is 2. The number of rotatable bonds is 3. The van der Waals surface area contributed by atoms with Gasteiger partial charge in [-0.25, -0.2) is 4.79 Å². The van der Waals surface area contributed by atoms with Gasteiger partial charge in [0.25, 0.3) is 0 Å². The van der Waals surface area contributed by atoms with Gasteiger partial charge in [0.15, 0.2) is 5.11 Å². The van der Waals surface area contributed by atoms with Gasteiger partial charge in [0, 0.05) is 30.2 Å². The zero-order valence-corrected chi connectivity index (χ0v) is 17.4. The Morgan fingerprint density at radius 1 is 0.667 bits per heavy atom. The van der Waals surface area contributed by atoms with E-state index in [2.05, 4.69) is 20.9 Å². The van der Waals surface area contributed by atoms with E-state index in [0.29, 0.717) is 30.2 Å². The Hall–Kier alpha value is -1.04. The first-order chi connectivity index (χ1) is 13.2. The summed E-state index contributed by atoms with van der Waals surface area (Å²) in [6.07, 6.45) is 17.1. The Morgan fingerprint density at radius 2 is 1.15 bits per heavy atom. The van der Waals surface area contributed by atoms with Crippen molar-refractivity contribution in [1.82, 2.24) is 20.9 Å². The minimum Gasteiger partial charge on any atom is -0.360 e. The quantitative estimate of drug-likeness (QED) is 0.639. The lowest BCUT2D eigenvalue weighted by Crippen LogP contribution is -2.57. The highest BCUT2D eigenvalue weighted by atomic mass is 32.1. The second-order valence-electron chi connectivity index (χ2n) is 9.20. The molecule has 0 aromatic heterocycles. The first kappa shape index (κ1) is 19.3. The largest absolute Gasteiger partial charge is 0.360 e. The highest BCUT2D eigenvalue weighted by Gasteiger charge is 2.42. The molecule has 0 aromatic rings. The fourth-order valence-electron chi connectivity index (χ4n) is 5.78. The first-order valence-electron chi connectivity index (χ1n) is 11.3. The van der Waals surface area contributed by atoms with Crippen LogP contribution in [-0.2, 0) is 0 Å². The van der Waals surface area contributed by atoms with Crippen molar-refractivity contribution in [3.8, 4) is 0 Å². The maximum absolute atomic E-state index is 12.4. The molecule has 27 heavy (non-hydrogen) atoms. The topological polar surface area (TPSA) is 56.4 Å². The third-order valence-electron chi connectivity index (χ3n) is 7.18. The van der Waals surface area contributed by atoms with Crippen LogP contribution in [0, 0.1) is 0 Å². The Balaban J connectivity index is 1.25. The van der Waals surface area contributed by atoms with Crippen molar-refractivity contribution in [2.75, 3.05) is 0 Å². The lowest BCUT2D eigenvalue weighted by Gasteiger charge is -2.42. The number of nitrogens with one attached hydrogen (secondary N) is 3. The Kier molecular flexibility index (Phi) is 6.41. The standard InChI is InChI=1S/C21H36N4OS/c26-20(22-15-7-3-1-4-8-15)23-17-13-18-11-12-19(14-17)25(18)21(27)24-16-9-5-2-6-10-16/h15-19H,1-14H2,(H,24,27)(H2,22,23,26)/t18-,19-/m1/s1. The number of hydrogen-bond donors (Lipinski definition) is 3. The fraction of sp³-hybridized carbons (Fsp3) is 0.905. The summed E-state index contributed by atoms with van der Waals surface area (Å²) in [6, 6.07) is 2.27. The molecule has 0 aromatic carbocycles. The summed E-state index contributed by atoms with van der Waals surface area (Å²) in [5.41, 5.74) is 0. The van der Waals surface area contributed by atoms with Crippen molar-refractivity contribution < 1.29 is 4.79 Å². The lowest BCUT2D eigenvalue weighted by molar-refractivity contribution is 0.184. The summed E-state index contributed by atoms with van der Waals surface area (Å²) >= 11 is 5.80. The maximum Gasteiger partial charge on any atom is 0.315 e. The van der Waals surface area contributed by atoms with Gasteiger partial charge in [-0.15, -0.1) is 0 Å². The normalized spacial score (nSPS) is 32.1. The maximum atomic E-state index is 12.4. The SMILES string of the molecule is O=C(NC1CCCCC1)NC1C[C@H]2CC[C@H](C1)N2C(=S)NC1CCCCC1. The van der Waals surface area contributed by atoms with Crippen LogP contribution in [0.3, 0.4) is 0 Å². The molecule has 0 spiro atoms. The number of thiocarbonyl (C=S) groups is 1. The van der Waals surface area contributed by atoms with Crippen molar-refractivity contribution >= 4 is 23.4 Å². The minimum absolute atomic E-state index is 0.0441. The number of urea groups is 1. The third-order valence-corrected chi connectivity index (χ3v) is 7.50. The van der Waals surface area contributed by atoms with Crippen molar-refractivity contribution in [3.05, 3.63) is 0 Å². The summed E-state index contributed by atoms with van der Waals surface area (Å²) in [5.74, 6) is 0. The lowest BCUT2D eigenvalue weighted by atomic mass is 9.95. The zero-order chi connectivity index (χ0) is 18.6. The van der Waals surface area contributed by atoms with E-state index >= 15 is 0 Å². The van der Waals surface area contributed by atoms with E-state index in [1.165, 1.54) is 64.2 Å². The molecule has 5 nitrogen and oxygen atoms in total. The molecule has 2 atom stereocenters. The van der Waals surface area contributed by atoms with E-state index in [9.17, 15) is 4.79 Å². The van der Waals surface area contributed by atoms with Crippen molar-refractivity contribution in [2.45, 2.75) is 120 Å². The van der Waals surface area contributed by atoms with Gasteiger partial charge in [0.05, 0.1) is 0 Å². The monoisotopic (exact) mass is 392 g/mol. The molecule has 0 radical (unpaired) electrons. The van der Waals surface area contributed by atoms with Gasteiger partial charge < -0.3 is 20.9 Å². The van der Waals surface area contributed by atoms with Gasteiger partial charge in [-0.3, -0.25) is 0 Å². The molecule has 4 fully saturated rings. The molecule has 6 heteroatoms. The average Bonchev–Trinajstić information content (AvgIpc) is 2.94. The van der Waals surface area contributed by atoms with Crippen LogP contribution < -0.4 is 16.0 Å². The van der Waals surface area contributed by atoms with Crippen molar-refractivity contribution in [2.24, 2.45) is 0 Å². The number of carbonyl (C=O) groups is 1. The van der Waals surface area contributed by atoms with Crippen LogP contribution in [0.15, 0.2) is 0 Å². The number of fused-ring (bicyclic) bond motifs is 2. The van der Waals surface area contributed by atoms with Gasteiger partial charge in [-0.1, -0.05) is 38.5 Å². The number of amides is 2. The first-order valence-corrected chi connectivity index (χ1v) is 11.8. The molecule has 2 aliphatic carbocycles. The molecule has 4 rings (SSSR count). The van der Waals surface area contributed by atoms with E-state index in [-0.39, 0.29) is 6.03 Å². The average molecular weight is 393 g/mol. The van der Waals surface area contributed by atoms with Crippen molar-refractivity contribution in [3.63, 3.8) is 0 Å². The third kappa shape index (κ3) is 4.87. The number of nitrogens with zero attached hydrogens (tertiary/aromatic N) is 1. The summed E-state index contributed by atoms with van der Waals surface area (Å²) in [6.45, 7) is 0. The van der Waals surface area contributed by atoms with Gasteiger partial charge in [-0.2, -0.15) is 0 Å². The van der Waals surface area contributed by atoms with E-state index in [1.807, 2.05) is 0 Å². The zero-order valence-electron chi connectivity index (χ0n) is 16.5. The van der Waals surface area contributed by atoms with Crippen LogP contribution in [0.2, 0.25) is 0 Å². The van der Waals surface area contributed by atoms with Crippen LogP contribution in [-0.4, -0.2) is 46.3 Å². The van der Waals surface area contributed by atoms with Crippen molar-refractivity contribution in [1.29, 1.82) is 0 Å². The number of piperidine rings is 1. The van der Waals surface area contributed by atoms with Crippen LogP contribution in [0.1, 0.15) is 89.9 Å². The van der Waals surface area contributed by atoms with E-state index < -0.39 is 0 Å². The van der Waals surface area contributed by atoms with Crippen LogP contribution >= 0.6 is 12.2 Å². The smallest absolute Gasteiger partial charge is 0.315 e. The summed E-state index contributed by atoms with van der Waals surface area (Å²) in [7, 11) is 0. The molecule has 4 aliphatic rings. The van der Waals surface area contributed by atoms with Crippen LogP contribution in [0.5, 0.6) is 0 Å². The molecule has 3 N–H and O–H groups in total. The summed E-state index contributed by atoms with van der Waals surface area (Å²) in [5, 5.41) is 11.1. The molecule has 0 unspecified atom stereocenters. The molecular formula is C21H36N4OS. The second kappa shape index (κ2) is 8.97. The summed E-state index contributed by atoms with van der Waals surface area (Å²) < 4.78 is 0. The molecule has 2 aliphatic heterocycles. The van der Waals surface area contributed by atoms with Gasteiger partial charge in [0.1, 0.15) is 0 Å². The van der Waals surface area contributed by atoms with Gasteiger partial charge >= 0.3 is 6.03 Å². The molecule has 2 amide bonds. The highest BCUT2D eigenvalue weighted by molar-refractivity contribution is 7.80. The fourth-order valence-corrected chi connectivity index (χ4v) is 6.25. The number of carbonyl (C=O) groups excluding carboxylic acids is 1. The molecule has 2 heterocycles.